The van der Waals surface area contributed by atoms with E-state index in [0.717, 1.165) is 11.3 Å². The van der Waals surface area contributed by atoms with E-state index in [0.29, 0.717) is 19.0 Å². The van der Waals surface area contributed by atoms with Crippen LogP contribution in [0.1, 0.15) is 11.1 Å². The second-order valence-corrected chi connectivity index (χ2v) is 4.70. The number of para-hydroxylation sites is 1. The second kappa shape index (κ2) is 9.85. The average Bonchev–Trinajstić information content (AvgIpc) is 2.52. The topological polar surface area (TPSA) is 36.4 Å². The van der Waals surface area contributed by atoms with Gasteiger partial charge in [-0.2, -0.15) is 0 Å². The van der Waals surface area contributed by atoms with Gasteiger partial charge in [-0.15, -0.1) is 30.4 Å². The minimum absolute atomic E-state index is 0. The van der Waals surface area contributed by atoms with Gasteiger partial charge in [-0.3, -0.25) is 0 Å². The molecule has 0 bridgehead atoms. The van der Waals surface area contributed by atoms with Gasteiger partial charge in [0.05, 0.1) is 13.1 Å². The van der Waals surface area contributed by atoms with Crippen molar-refractivity contribution in [3.05, 3.63) is 65.7 Å². The summed E-state index contributed by atoms with van der Waals surface area (Å²) >= 11 is 0. The number of hydrogen-bond acceptors (Lipinski definition) is 1. The highest BCUT2D eigenvalue weighted by molar-refractivity contribution is 14.0. The SMILES string of the molecule is C#CCNC(=NCc1ccc(C)cc1)Nc1ccccc1.I. The summed E-state index contributed by atoms with van der Waals surface area (Å²) in [4.78, 5) is 4.56. The molecular formula is C18H20IN3. The van der Waals surface area contributed by atoms with E-state index in [1.54, 1.807) is 0 Å². The van der Waals surface area contributed by atoms with Gasteiger partial charge in [-0.25, -0.2) is 4.99 Å². The first-order valence-corrected chi connectivity index (χ1v) is 6.87. The summed E-state index contributed by atoms with van der Waals surface area (Å²) in [5.41, 5.74) is 3.39. The van der Waals surface area contributed by atoms with Gasteiger partial charge in [0.25, 0.3) is 0 Å². The van der Waals surface area contributed by atoms with Crippen molar-refractivity contribution in [2.45, 2.75) is 13.5 Å². The van der Waals surface area contributed by atoms with Crippen molar-refractivity contribution >= 4 is 35.6 Å². The van der Waals surface area contributed by atoms with E-state index in [9.17, 15) is 0 Å². The van der Waals surface area contributed by atoms with Gasteiger partial charge in [0.15, 0.2) is 5.96 Å². The van der Waals surface area contributed by atoms with Crippen molar-refractivity contribution in [1.82, 2.24) is 5.32 Å². The third kappa shape index (κ3) is 6.19. The molecule has 0 unspecified atom stereocenters. The van der Waals surface area contributed by atoms with Crippen LogP contribution in [0.2, 0.25) is 0 Å². The van der Waals surface area contributed by atoms with E-state index in [2.05, 4.69) is 52.7 Å². The van der Waals surface area contributed by atoms with E-state index in [4.69, 9.17) is 6.42 Å². The van der Waals surface area contributed by atoms with E-state index in [-0.39, 0.29) is 24.0 Å². The number of aryl methyl sites for hydroxylation is 1. The number of guanidine groups is 1. The molecule has 0 saturated carbocycles. The second-order valence-electron chi connectivity index (χ2n) is 4.70. The van der Waals surface area contributed by atoms with Gasteiger partial charge < -0.3 is 10.6 Å². The van der Waals surface area contributed by atoms with Crippen LogP contribution < -0.4 is 10.6 Å². The number of halogens is 1. The molecule has 0 saturated heterocycles. The lowest BCUT2D eigenvalue weighted by molar-refractivity contribution is 0.990. The van der Waals surface area contributed by atoms with Crippen LogP contribution in [0.4, 0.5) is 5.69 Å². The van der Waals surface area contributed by atoms with Crippen molar-refractivity contribution in [2.24, 2.45) is 4.99 Å². The number of rotatable bonds is 4. The number of benzene rings is 2. The summed E-state index contributed by atoms with van der Waals surface area (Å²) in [6, 6.07) is 18.2. The highest BCUT2D eigenvalue weighted by atomic mass is 127. The van der Waals surface area contributed by atoms with Crippen LogP contribution >= 0.6 is 24.0 Å². The summed E-state index contributed by atoms with van der Waals surface area (Å²) in [6.45, 7) is 3.11. The van der Waals surface area contributed by atoms with Gasteiger partial charge >= 0.3 is 0 Å². The number of hydrogen-bond donors (Lipinski definition) is 2. The lowest BCUT2D eigenvalue weighted by Crippen LogP contribution is -2.31. The number of nitrogens with zero attached hydrogens (tertiary/aromatic N) is 1. The first-order chi connectivity index (χ1) is 10.3. The van der Waals surface area contributed by atoms with Crippen LogP contribution in [0.25, 0.3) is 0 Å². The Labute approximate surface area is 149 Å². The minimum atomic E-state index is 0. The van der Waals surface area contributed by atoms with Gasteiger partial charge in [0, 0.05) is 5.69 Å². The van der Waals surface area contributed by atoms with Crippen LogP contribution in [0.5, 0.6) is 0 Å². The number of aliphatic imine (C=N–C) groups is 1. The lowest BCUT2D eigenvalue weighted by Gasteiger charge is -2.11. The summed E-state index contributed by atoms with van der Waals surface area (Å²) in [5.74, 6) is 3.24. The molecule has 0 fully saturated rings. The van der Waals surface area contributed by atoms with Gasteiger partial charge in [-0.1, -0.05) is 53.9 Å². The molecule has 0 aliphatic rings. The van der Waals surface area contributed by atoms with Gasteiger partial charge in [0.1, 0.15) is 0 Å². The lowest BCUT2D eigenvalue weighted by atomic mass is 10.1. The summed E-state index contributed by atoms with van der Waals surface area (Å²) in [5, 5.41) is 6.34. The maximum Gasteiger partial charge on any atom is 0.196 e. The zero-order chi connectivity index (χ0) is 14.9. The van der Waals surface area contributed by atoms with Crippen molar-refractivity contribution in [2.75, 3.05) is 11.9 Å². The molecule has 0 atom stereocenters. The monoisotopic (exact) mass is 405 g/mol. The van der Waals surface area contributed by atoms with E-state index < -0.39 is 0 Å². The quantitative estimate of drug-likeness (QED) is 0.351. The maximum absolute atomic E-state index is 5.30. The number of anilines is 1. The minimum Gasteiger partial charge on any atom is -0.345 e. The summed E-state index contributed by atoms with van der Waals surface area (Å²) < 4.78 is 0. The molecule has 2 aromatic rings. The molecule has 2 aromatic carbocycles. The molecule has 4 heteroatoms. The Kier molecular flexibility index (Phi) is 8.08. The third-order valence-electron chi connectivity index (χ3n) is 2.93. The fourth-order valence-corrected chi connectivity index (χ4v) is 1.80. The fourth-order valence-electron chi connectivity index (χ4n) is 1.80. The zero-order valence-corrected chi connectivity index (χ0v) is 14.9. The molecule has 2 rings (SSSR count). The van der Waals surface area contributed by atoms with E-state index >= 15 is 0 Å². The van der Waals surface area contributed by atoms with Crippen LogP contribution in [-0.4, -0.2) is 12.5 Å². The maximum atomic E-state index is 5.30. The summed E-state index contributed by atoms with van der Waals surface area (Å²) in [7, 11) is 0. The molecule has 0 heterocycles. The Morgan fingerprint density at radius 1 is 1.09 bits per heavy atom. The molecule has 0 amide bonds. The van der Waals surface area contributed by atoms with Crippen LogP contribution in [0.3, 0.4) is 0 Å². The Morgan fingerprint density at radius 3 is 2.41 bits per heavy atom. The standard InChI is InChI=1S/C18H19N3.HI/c1-3-13-19-18(21-17-7-5-4-6-8-17)20-14-16-11-9-15(2)10-12-16;/h1,4-12H,13-14H2,2H3,(H2,19,20,21);1H. The fraction of sp³-hybridized carbons (Fsp3) is 0.167. The molecular weight excluding hydrogens is 385 g/mol. The molecule has 114 valence electrons. The molecule has 0 spiro atoms. The van der Waals surface area contributed by atoms with E-state index in [1.165, 1.54) is 5.56 Å². The highest BCUT2D eigenvalue weighted by Gasteiger charge is 1.99. The molecule has 0 radical (unpaired) electrons. The van der Waals surface area contributed by atoms with Crippen LogP contribution in [-0.2, 0) is 6.54 Å². The van der Waals surface area contributed by atoms with Gasteiger partial charge in [0.2, 0.25) is 0 Å². The molecule has 22 heavy (non-hydrogen) atoms. The Bertz CT molecular complexity index is 628. The smallest absolute Gasteiger partial charge is 0.196 e. The normalized spacial score (nSPS) is 10.3. The van der Waals surface area contributed by atoms with Crippen molar-refractivity contribution < 1.29 is 0 Å². The highest BCUT2D eigenvalue weighted by Crippen LogP contribution is 2.07. The first kappa shape index (κ1) is 18.1. The Hall–Kier alpha value is -2.00. The van der Waals surface area contributed by atoms with Crippen molar-refractivity contribution in [3.63, 3.8) is 0 Å². The van der Waals surface area contributed by atoms with Gasteiger partial charge in [-0.05, 0) is 24.6 Å². The predicted molar refractivity (Wildman–Crippen MR) is 105 cm³/mol. The predicted octanol–water partition coefficient (Wildman–Crippen LogP) is 3.80. The van der Waals surface area contributed by atoms with Crippen LogP contribution in [0, 0.1) is 19.3 Å². The number of terminal acetylenes is 1. The molecule has 0 aliphatic heterocycles. The molecule has 3 nitrogen and oxygen atoms in total. The first-order valence-electron chi connectivity index (χ1n) is 6.87. The average molecular weight is 405 g/mol. The largest absolute Gasteiger partial charge is 0.345 e. The molecule has 0 aromatic heterocycles. The Morgan fingerprint density at radius 2 is 1.77 bits per heavy atom. The zero-order valence-electron chi connectivity index (χ0n) is 12.5. The van der Waals surface area contributed by atoms with Crippen LogP contribution in [0.15, 0.2) is 59.6 Å². The molecule has 0 aliphatic carbocycles. The van der Waals surface area contributed by atoms with Crippen molar-refractivity contribution in [3.8, 4) is 12.3 Å². The summed E-state index contributed by atoms with van der Waals surface area (Å²) in [6.07, 6.45) is 5.30. The number of nitrogens with one attached hydrogen (secondary N) is 2. The van der Waals surface area contributed by atoms with Crippen molar-refractivity contribution in [1.29, 1.82) is 0 Å². The Balaban J connectivity index is 0.00000242. The van der Waals surface area contributed by atoms with E-state index in [1.807, 2.05) is 30.3 Å². The third-order valence-corrected chi connectivity index (χ3v) is 2.93. The molecule has 2 N–H and O–H groups in total.